The Kier molecular flexibility index (Phi) is 6.75. The van der Waals surface area contributed by atoms with Crippen LogP contribution in [0.1, 0.15) is 15.9 Å². The van der Waals surface area contributed by atoms with E-state index >= 15 is 0 Å². The highest BCUT2D eigenvalue weighted by molar-refractivity contribution is 7.80. The number of thiocarbonyl (C=S) groups is 1. The van der Waals surface area contributed by atoms with Crippen LogP contribution in [0.2, 0.25) is 0 Å². The van der Waals surface area contributed by atoms with E-state index in [2.05, 4.69) is 10.1 Å². The molecule has 4 aromatic rings. The molecular weight excluding hydrogens is 500 g/mol. The van der Waals surface area contributed by atoms with E-state index in [1.807, 2.05) is 11.4 Å². The summed E-state index contributed by atoms with van der Waals surface area (Å²) in [7, 11) is 0.819. The van der Waals surface area contributed by atoms with Crippen molar-refractivity contribution in [2.45, 2.75) is 6.92 Å². The second-order valence-corrected chi connectivity index (χ2v) is 8.00. The highest BCUT2D eigenvalue weighted by Gasteiger charge is 2.30. The predicted octanol–water partition coefficient (Wildman–Crippen LogP) is 5.46. The van der Waals surface area contributed by atoms with Gasteiger partial charge in [0.2, 0.25) is 11.6 Å². The predicted molar refractivity (Wildman–Crippen MR) is 129 cm³/mol. The Labute approximate surface area is 206 Å². The van der Waals surface area contributed by atoms with Gasteiger partial charge >= 0.3 is 5.63 Å². The Balaban J connectivity index is 1.55. The number of nitrogens with one attached hydrogen (secondary N) is 2. The highest BCUT2D eigenvalue weighted by Crippen LogP contribution is 2.30. The zero-order chi connectivity index (χ0) is 26.1. The summed E-state index contributed by atoms with van der Waals surface area (Å²) < 4.78 is 65.9. The van der Waals surface area contributed by atoms with Gasteiger partial charge in [0.15, 0.2) is 22.5 Å². The first-order valence-electron chi connectivity index (χ1n) is 10.3. The van der Waals surface area contributed by atoms with Gasteiger partial charge in [-0.25, -0.2) is 13.6 Å². The van der Waals surface area contributed by atoms with Crippen molar-refractivity contribution in [3.8, 4) is 16.9 Å². The van der Waals surface area contributed by atoms with Crippen molar-refractivity contribution in [1.82, 2.24) is 5.32 Å². The van der Waals surface area contributed by atoms with E-state index in [4.69, 9.17) is 16.6 Å². The average molecular weight is 516 g/mol. The van der Waals surface area contributed by atoms with Gasteiger partial charge < -0.3 is 14.5 Å². The van der Waals surface area contributed by atoms with Crippen molar-refractivity contribution >= 4 is 39.9 Å². The quantitative estimate of drug-likeness (QED) is 0.162. The number of halogens is 4. The molecule has 4 rings (SSSR count). The van der Waals surface area contributed by atoms with E-state index in [1.54, 1.807) is 49.4 Å². The largest absolute Gasteiger partial charge is 0.491 e. The van der Waals surface area contributed by atoms with Crippen molar-refractivity contribution in [3.05, 3.63) is 93.3 Å². The maximum Gasteiger partial charge on any atom is 0.344 e. The van der Waals surface area contributed by atoms with Crippen molar-refractivity contribution < 1.29 is 31.5 Å². The monoisotopic (exact) mass is 516 g/mol. The molecule has 6 nitrogen and oxygen atoms in total. The fourth-order valence-electron chi connectivity index (χ4n) is 3.61. The number of carbonyl (C=O) groups is 1. The molecule has 184 valence electrons. The molecule has 0 atom stereocenters. The van der Waals surface area contributed by atoms with Gasteiger partial charge in [-0.05, 0) is 54.5 Å². The number of para-hydroxylation sites is 1. The Morgan fingerprint density at radius 3 is 2.25 bits per heavy atom. The summed E-state index contributed by atoms with van der Waals surface area (Å²) in [6.07, 6.45) is 0. The number of aryl methyl sites for hydroxylation is 1. The third-order valence-corrected chi connectivity index (χ3v) is 5.50. The molecule has 36 heavy (non-hydrogen) atoms. The number of hydrogen-bond acceptors (Lipinski definition) is 5. The number of carbonyl (C=O) groups excluding carboxylic acids is 1. The molecule has 1 heterocycles. The molecule has 0 fully saturated rings. The van der Waals surface area contributed by atoms with Gasteiger partial charge in [0, 0.05) is 11.1 Å². The number of hydrogen-bond donors (Lipinski definition) is 2. The molecule has 0 unspecified atom stereocenters. The number of rotatable bonds is 4. The lowest BCUT2D eigenvalue weighted by atomic mass is 10.0. The average Bonchev–Trinajstić information content (AvgIpc) is 2.83. The van der Waals surface area contributed by atoms with Crippen LogP contribution in [0.5, 0.6) is 5.75 Å². The van der Waals surface area contributed by atoms with Gasteiger partial charge in [0.1, 0.15) is 11.1 Å². The van der Waals surface area contributed by atoms with Gasteiger partial charge in [0.25, 0.3) is 5.91 Å². The van der Waals surface area contributed by atoms with E-state index in [0.717, 1.165) is 12.5 Å². The first-order chi connectivity index (χ1) is 17.1. The molecule has 3 aromatic carbocycles. The minimum atomic E-state index is -1.93. The summed E-state index contributed by atoms with van der Waals surface area (Å²) in [6, 6.07) is 13.5. The smallest absolute Gasteiger partial charge is 0.344 e. The van der Waals surface area contributed by atoms with Gasteiger partial charge in [-0.1, -0.05) is 24.3 Å². The molecule has 0 saturated heterocycles. The summed E-state index contributed by atoms with van der Waals surface area (Å²) in [5.41, 5.74) is 0.361. The molecule has 0 radical (unpaired) electrons. The zero-order valence-corrected chi connectivity index (χ0v) is 19.5. The maximum atomic E-state index is 14.2. The van der Waals surface area contributed by atoms with Crippen LogP contribution in [0, 0.1) is 30.2 Å². The Morgan fingerprint density at radius 1 is 0.944 bits per heavy atom. The molecule has 0 spiro atoms. The minimum Gasteiger partial charge on any atom is -0.491 e. The second kappa shape index (κ2) is 9.78. The highest BCUT2D eigenvalue weighted by atomic mass is 32.1. The summed E-state index contributed by atoms with van der Waals surface area (Å²) in [4.78, 5) is 24.8. The fraction of sp³-hybridized carbons (Fsp3) is 0.0800. The maximum absolute atomic E-state index is 14.2. The van der Waals surface area contributed by atoms with Crippen LogP contribution in [0.4, 0.5) is 23.2 Å². The molecule has 11 heteroatoms. The number of anilines is 1. The minimum absolute atomic E-state index is 0.336. The molecular formula is C25H16F4N2O4S. The molecule has 0 aliphatic rings. The number of benzene rings is 3. The van der Waals surface area contributed by atoms with E-state index in [9.17, 15) is 27.2 Å². The molecule has 0 aliphatic carbocycles. The summed E-state index contributed by atoms with van der Waals surface area (Å²) >= 11 is 4.99. The van der Waals surface area contributed by atoms with Crippen molar-refractivity contribution in [1.29, 1.82) is 0 Å². The molecule has 0 bridgehead atoms. The Hall–Kier alpha value is -4.25. The fourth-order valence-corrected chi connectivity index (χ4v) is 3.82. The molecule has 1 amide bonds. The summed E-state index contributed by atoms with van der Waals surface area (Å²) in [5, 5.41) is 4.96. The molecule has 0 aliphatic heterocycles. The lowest BCUT2D eigenvalue weighted by Crippen LogP contribution is -2.35. The summed E-state index contributed by atoms with van der Waals surface area (Å²) in [5.74, 6) is -10.4. The normalized spacial score (nSPS) is 10.8. The van der Waals surface area contributed by atoms with E-state index in [1.165, 1.54) is 0 Å². The van der Waals surface area contributed by atoms with Crippen LogP contribution in [-0.4, -0.2) is 18.1 Å². The number of ether oxygens (including phenoxy) is 1. The first kappa shape index (κ1) is 24.9. The van der Waals surface area contributed by atoms with Crippen LogP contribution >= 0.6 is 12.2 Å². The topological polar surface area (TPSA) is 80.6 Å². The van der Waals surface area contributed by atoms with Gasteiger partial charge in [-0.3, -0.25) is 10.1 Å². The van der Waals surface area contributed by atoms with Crippen LogP contribution in [0.3, 0.4) is 0 Å². The standard InChI is InChI=1S/C25H16F4N2O4S/c1-11-9-13(7-8-14(11)15-10-12-5-3-4-6-16(12)35-24(15)33)30-25(36)31-23(32)17-18(26)20(28)22(34-2)21(29)19(17)27/h3-10H,1-2H3,(H2,30,31,32,36). The van der Waals surface area contributed by atoms with E-state index in [0.29, 0.717) is 28.0 Å². The van der Waals surface area contributed by atoms with E-state index < -0.39 is 51.2 Å². The number of fused-ring (bicyclic) bond motifs is 1. The SMILES string of the molecule is COc1c(F)c(F)c(C(=O)NC(=S)Nc2ccc(-c3cc4ccccc4oc3=O)c(C)c2)c(F)c1F. The lowest BCUT2D eigenvalue weighted by molar-refractivity contribution is 0.0966. The van der Waals surface area contributed by atoms with Crippen LogP contribution < -0.4 is 21.0 Å². The zero-order valence-electron chi connectivity index (χ0n) is 18.7. The van der Waals surface area contributed by atoms with Gasteiger partial charge in [-0.2, -0.15) is 8.78 Å². The lowest BCUT2D eigenvalue weighted by Gasteiger charge is -2.14. The van der Waals surface area contributed by atoms with Crippen molar-refractivity contribution in [2.75, 3.05) is 12.4 Å². The van der Waals surface area contributed by atoms with Crippen LogP contribution in [0.25, 0.3) is 22.1 Å². The van der Waals surface area contributed by atoms with Crippen LogP contribution in [0.15, 0.2) is 57.7 Å². The van der Waals surface area contributed by atoms with Gasteiger partial charge in [0.05, 0.1) is 12.7 Å². The Bertz CT molecular complexity index is 1570. The third-order valence-electron chi connectivity index (χ3n) is 5.30. The summed E-state index contributed by atoms with van der Waals surface area (Å²) in [6.45, 7) is 1.73. The molecule has 2 N–H and O–H groups in total. The first-order valence-corrected chi connectivity index (χ1v) is 10.7. The Morgan fingerprint density at radius 2 is 1.61 bits per heavy atom. The molecule has 0 saturated carbocycles. The van der Waals surface area contributed by atoms with Crippen LogP contribution in [-0.2, 0) is 0 Å². The molecule has 1 aromatic heterocycles. The number of methoxy groups -OCH3 is 1. The van der Waals surface area contributed by atoms with Gasteiger partial charge in [-0.15, -0.1) is 0 Å². The van der Waals surface area contributed by atoms with E-state index in [-0.39, 0.29) is 0 Å². The van der Waals surface area contributed by atoms with Crippen molar-refractivity contribution in [2.24, 2.45) is 0 Å². The third kappa shape index (κ3) is 4.52. The number of amides is 1. The second-order valence-electron chi connectivity index (χ2n) is 7.59. The van der Waals surface area contributed by atoms with Crippen molar-refractivity contribution in [3.63, 3.8) is 0 Å².